The van der Waals surface area contributed by atoms with Crippen LogP contribution in [0.3, 0.4) is 0 Å². The van der Waals surface area contributed by atoms with Crippen LogP contribution in [0.2, 0.25) is 0 Å². The van der Waals surface area contributed by atoms with E-state index in [1.165, 1.54) is 12.8 Å². The summed E-state index contributed by atoms with van der Waals surface area (Å²) in [5.41, 5.74) is 1.40. The predicted molar refractivity (Wildman–Crippen MR) is 229 cm³/mol. The fourth-order valence-electron chi connectivity index (χ4n) is 8.67. The third-order valence-electron chi connectivity index (χ3n) is 12.0. The van der Waals surface area contributed by atoms with Crippen LogP contribution in [0.4, 0.5) is 11.4 Å². The van der Waals surface area contributed by atoms with Crippen LogP contribution in [0.5, 0.6) is 0 Å². The van der Waals surface area contributed by atoms with Crippen molar-refractivity contribution in [2.75, 3.05) is 81.9 Å². The van der Waals surface area contributed by atoms with E-state index < -0.39 is 17.0 Å². The Labute approximate surface area is 346 Å². The van der Waals surface area contributed by atoms with Gasteiger partial charge in [0.05, 0.1) is 6.61 Å². The molecule has 0 spiro atoms. The molecule has 0 unspecified atom stereocenters. The van der Waals surface area contributed by atoms with Crippen LogP contribution < -0.4 is 20.4 Å². The van der Waals surface area contributed by atoms with Crippen molar-refractivity contribution in [3.8, 4) is 0 Å². The van der Waals surface area contributed by atoms with Crippen molar-refractivity contribution < 1.29 is 29.0 Å². The number of amides is 2. The van der Waals surface area contributed by atoms with Crippen molar-refractivity contribution >= 4 is 47.5 Å². The summed E-state index contributed by atoms with van der Waals surface area (Å²) in [7, 11) is 0. The molecule has 3 N–H and O–H groups in total. The first-order valence-electron chi connectivity index (χ1n) is 21.3. The Bertz CT molecular complexity index is 1560. The van der Waals surface area contributed by atoms with Crippen molar-refractivity contribution in [1.29, 1.82) is 0 Å². The molecule has 4 aliphatic rings. The van der Waals surface area contributed by atoms with Gasteiger partial charge >= 0.3 is 11.9 Å². The molecule has 2 aromatic carbocycles. The van der Waals surface area contributed by atoms with Crippen molar-refractivity contribution in [1.82, 2.24) is 20.4 Å². The number of carbonyl (C=O) groups excluding carboxylic acids is 3. The molecule has 6 rings (SSSR count). The number of rotatable bonds is 13. The topological polar surface area (TPSA) is 135 Å². The van der Waals surface area contributed by atoms with Crippen LogP contribution in [0.1, 0.15) is 119 Å². The number of hydrogen-bond donors (Lipinski definition) is 3. The molecule has 4 fully saturated rings. The Morgan fingerprint density at radius 2 is 0.947 bits per heavy atom. The van der Waals surface area contributed by atoms with E-state index in [4.69, 9.17) is 4.74 Å². The molecule has 0 atom stereocenters. The molecule has 2 aliphatic heterocycles. The quantitative estimate of drug-likeness (QED) is 0.196. The fourth-order valence-corrected chi connectivity index (χ4v) is 8.67. The lowest BCUT2D eigenvalue weighted by atomic mass is 9.81. The maximum atomic E-state index is 12.9. The Hall–Kier alpha value is -3.87. The molecule has 316 valence electrons. The van der Waals surface area contributed by atoms with Crippen molar-refractivity contribution in [3.63, 3.8) is 0 Å². The summed E-state index contributed by atoms with van der Waals surface area (Å²) in [5, 5.41) is 15.5. The lowest BCUT2D eigenvalue weighted by Gasteiger charge is -2.36. The molecule has 0 bridgehead atoms. The number of aliphatic carboxylic acids is 1. The number of carboxylic acid groups (broad SMARTS) is 1. The molecule has 2 saturated carbocycles. The van der Waals surface area contributed by atoms with Crippen molar-refractivity contribution in [3.05, 3.63) is 59.7 Å². The summed E-state index contributed by atoms with van der Waals surface area (Å²) in [6, 6.07) is 15.3. The molecular weight excluding hydrogens is 744 g/mol. The standard InChI is InChI=1S/C23H35N3O3.C21H31N3O3.ClH/c1-3-14-25-15-17-26(18-16-25)20-10-8-19(9-11-20)21(27)24-23(22(28)29-4-2)12-6-5-7-13-23;1-2-12-23-13-15-24(16-14-23)18-8-6-17(7-9-18)19(25)22-21(20(26)27)10-4-3-5-11-21;/h8-11H,3-7,12-18H2,1-2H3,(H,24,27);6-9H,2-5,10-16H2,1H3,(H,22,25)(H,26,27);1H. The molecule has 2 aliphatic carbocycles. The van der Waals surface area contributed by atoms with Crippen LogP contribution >= 0.6 is 12.4 Å². The van der Waals surface area contributed by atoms with E-state index in [9.17, 15) is 24.3 Å². The minimum absolute atomic E-state index is 0. The maximum absolute atomic E-state index is 12.9. The highest BCUT2D eigenvalue weighted by Crippen LogP contribution is 2.31. The summed E-state index contributed by atoms with van der Waals surface area (Å²) in [6.45, 7) is 17.2. The van der Waals surface area contributed by atoms with E-state index in [0.29, 0.717) is 43.4 Å². The average Bonchev–Trinajstić information content (AvgIpc) is 3.23. The summed E-state index contributed by atoms with van der Waals surface area (Å²) in [5.74, 6) is -1.70. The number of halogens is 1. The number of nitrogens with zero attached hydrogens (tertiary/aromatic N) is 4. The van der Waals surface area contributed by atoms with Gasteiger partial charge in [0.15, 0.2) is 0 Å². The van der Waals surface area contributed by atoms with Gasteiger partial charge in [-0.25, -0.2) is 9.59 Å². The molecule has 0 radical (unpaired) electrons. The van der Waals surface area contributed by atoms with Crippen molar-refractivity contribution in [2.24, 2.45) is 0 Å². The van der Waals surface area contributed by atoms with Gasteiger partial charge in [-0.1, -0.05) is 52.4 Å². The zero-order valence-electron chi connectivity index (χ0n) is 34.6. The highest BCUT2D eigenvalue weighted by Gasteiger charge is 2.43. The zero-order valence-corrected chi connectivity index (χ0v) is 35.4. The van der Waals surface area contributed by atoms with Gasteiger partial charge in [0.2, 0.25) is 0 Å². The first-order chi connectivity index (χ1) is 27.1. The third kappa shape index (κ3) is 12.3. The number of hydrogen-bond acceptors (Lipinski definition) is 9. The number of ether oxygens (including phenoxy) is 1. The maximum Gasteiger partial charge on any atom is 0.331 e. The lowest BCUT2D eigenvalue weighted by molar-refractivity contribution is -0.152. The van der Waals surface area contributed by atoms with Gasteiger partial charge in [-0.3, -0.25) is 19.4 Å². The molecule has 2 aromatic rings. The van der Waals surface area contributed by atoms with E-state index in [1.54, 1.807) is 6.92 Å². The Balaban J connectivity index is 0.000000249. The largest absolute Gasteiger partial charge is 0.480 e. The van der Waals surface area contributed by atoms with Crippen LogP contribution in [0, 0.1) is 0 Å². The normalized spacial score (nSPS) is 19.6. The van der Waals surface area contributed by atoms with Crippen LogP contribution in [-0.2, 0) is 14.3 Å². The Morgan fingerprint density at radius 3 is 1.30 bits per heavy atom. The van der Waals surface area contributed by atoms with Gasteiger partial charge in [0.1, 0.15) is 11.1 Å². The lowest BCUT2D eigenvalue weighted by Crippen LogP contribution is -2.56. The van der Waals surface area contributed by atoms with Crippen molar-refractivity contribution in [2.45, 2.75) is 109 Å². The van der Waals surface area contributed by atoms with E-state index in [0.717, 1.165) is 115 Å². The van der Waals surface area contributed by atoms with Gasteiger partial charge in [-0.15, -0.1) is 12.4 Å². The second-order valence-corrected chi connectivity index (χ2v) is 16.0. The number of carbonyl (C=O) groups is 4. The van der Waals surface area contributed by atoms with Crippen LogP contribution in [0.25, 0.3) is 0 Å². The molecule has 13 heteroatoms. The van der Waals surface area contributed by atoms with E-state index in [-0.39, 0.29) is 30.2 Å². The molecule has 0 aromatic heterocycles. The Kier molecular flexibility index (Phi) is 17.9. The second kappa shape index (κ2) is 22.3. The summed E-state index contributed by atoms with van der Waals surface area (Å²) < 4.78 is 5.28. The number of anilines is 2. The highest BCUT2D eigenvalue weighted by molar-refractivity contribution is 5.99. The number of carboxylic acids is 1. The number of benzene rings is 2. The summed E-state index contributed by atoms with van der Waals surface area (Å²) >= 11 is 0. The molecule has 2 saturated heterocycles. The minimum Gasteiger partial charge on any atom is -0.480 e. The van der Waals surface area contributed by atoms with Gasteiger partial charge in [-0.05, 0) is 107 Å². The molecule has 2 heterocycles. The van der Waals surface area contributed by atoms with E-state index >= 15 is 0 Å². The van der Waals surface area contributed by atoms with Crippen LogP contribution in [0.15, 0.2) is 48.5 Å². The van der Waals surface area contributed by atoms with E-state index in [1.807, 2.05) is 48.5 Å². The first kappa shape index (κ1) is 45.8. The van der Waals surface area contributed by atoms with Crippen LogP contribution in [-0.4, -0.2) is 122 Å². The first-order valence-corrected chi connectivity index (χ1v) is 21.3. The fraction of sp³-hybridized carbons (Fsp3) is 0.636. The molecule has 2 amide bonds. The average molecular weight is 812 g/mol. The predicted octanol–water partition coefficient (Wildman–Crippen LogP) is 6.37. The monoisotopic (exact) mass is 810 g/mol. The smallest absolute Gasteiger partial charge is 0.331 e. The number of nitrogens with one attached hydrogen (secondary N) is 2. The molecule has 57 heavy (non-hydrogen) atoms. The number of esters is 1. The summed E-state index contributed by atoms with van der Waals surface area (Å²) in [6.07, 6.45) is 10.4. The number of piperazine rings is 2. The second-order valence-electron chi connectivity index (χ2n) is 16.0. The van der Waals surface area contributed by atoms with Gasteiger partial charge in [0, 0.05) is 74.9 Å². The van der Waals surface area contributed by atoms with Gasteiger partial charge in [0.25, 0.3) is 11.8 Å². The highest BCUT2D eigenvalue weighted by atomic mass is 35.5. The van der Waals surface area contributed by atoms with Gasteiger partial charge in [-0.2, -0.15) is 0 Å². The SMILES string of the molecule is CCCN1CCN(c2ccc(C(=O)NC3(C(=O)O)CCCCC3)cc2)CC1.CCCN1CCN(c2ccc(C(=O)NC3(C(=O)OCC)CCCCC3)cc2)CC1.Cl. The zero-order chi connectivity index (χ0) is 40.0. The van der Waals surface area contributed by atoms with E-state index in [2.05, 4.69) is 44.1 Å². The summed E-state index contributed by atoms with van der Waals surface area (Å²) in [4.78, 5) is 59.5. The Morgan fingerprint density at radius 1 is 0.579 bits per heavy atom. The van der Waals surface area contributed by atoms with Gasteiger partial charge < -0.3 is 30.3 Å². The minimum atomic E-state index is -1.11. The molecular formula is C44H67ClN6O6. The third-order valence-corrected chi connectivity index (χ3v) is 12.0. The molecule has 12 nitrogen and oxygen atoms in total.